The molecule has 0 aliphatic carbocycles. The SMILES string of the molecule is c1ccc(N(c2ccccc2)c2ccc(N(c3ccc(-c4cccc5c4oc4ccccc45)cc3)c3ccc(-n4c5ccccc5c5ccccc54)cc3)cc2)cc1. The number of fused-ring (bicyclic) bond motifs is 6. The maximum atomic E-state index is 6.43. The quantitative estimate of drug-likeness (QED) is 0.155. The van der Waals surface area contributed by atoms with Crippen LogP contribution in [0.5, 0.6) is 0 Å². The molecule has 0 bridgehead atoms. The van der Waals surface area contributed by atoms with E-state index in [4.69, 9.17) is 4.42 Å². The molecular weight excluding hydrogens is 707 g/mol. The number of hydrogen-bond donors (Lipinski definition) is 0. The molecule has 2 heterocycles. The summed E-state index contributed by atoms with van der Waals surface area (Å²) in [5.41, 5.74) is 14.0. The molecule has 0 amide bonds. The van der Waals surface area contributed by atoms with Gasteiger partial charge >= 0.3 is 0 Å². The standard InChI is InChI=1S/C54H37N3O/c1-3-14-39(15-4-1)55(40-16-5-2-6-17-40)42-30-32-43(33-31-42)56(41-28-26-38(27-29-41)46-21-13-22-50-49-20-9-12-25-53(49)58-54(46)50)44-34-36-45(37-35-44)57-51-23-10-7-18-47(51)48-19-8-11-24-52(48)57/h1-37H. The largest absolute Gasteiger partial charge is 0.455 e. The van der Waals surface area contributed by atoms with E-state index in [1.54, 1.807) is 0 Å². The van der Waals surface area contributed by atoms with Crippen LogP contribution in [0.1, 0.15) is 0 Å². The Labute approximate surface area is 336 Å². The summed E-state index contributed by atoms with van der Waals surface area (Å²) < 4.78 is 8.79. The Morgan fingerprint density at radius 1 is 0.310 bits per heavy atom. The van der Waals surface area contributed by atoms with Gasteiger partial charge in [0.15, 0.2) is 0 Å². The number of nitrogens with zero attached hydrogens (tertiary/aromatic N) is 3. The van der Waals surface area contributed by atoms with Crippen LogP contribution < -0.4 is 9.80 Å². The van der Waals surface area contributed by atoms with Gasteiger partial charge in [-0.1, -0.05) is 121 Å². The fraction of sp³-hybridized carbons (Fsp3) is 0. The molecular formula is C54H37N3O. The second-order valence-corrected chi connectivity index (χ2v) is 14.6. The molecule has 0 unspecified atom stereocenters. The highest BCUT2D eigenvalue weighted by molar-refractivity contribution is 6.10. The second-order valence-electron chi connectivity index (χ2n) is 14.6. The Kier molecular flexibility index (Phi) is 8.11. The Hall–Kier alpha value is -7.82. The topological polar surface area (TPSA) is 24.6 Å². The molecule has 0 spiro atoms. The molecule has 0 aliphatic rings. The van der Waals surface area contributed by atoms with E-state index in [1.165, 1.54) is 21.8 Å². The summed E-state index contributed by atoms with van der Waals surface area (Å²) in [4.78, 5) is 4.63. The van der Waals surface area contributed by atoms with Crippen LogP contribution in [-0.2, 0) is 0 Å². The highest BCUT2D eigenvalue weighted by atomic mass is 16.3. The first-order valence-electron chi connectivity index (χ1n) is 19.7. The van der Waals surface area contributed by atoms with Gasteiger partial charge in [-0.05, 0) is 109 Å². The Balaban J connectivity index is 1.02. The fourth-order valence-electron chi connectivity index (χ4n) is 8.52. The van der Waals surface area contributed by atoms with Crippen molar-refractivity contribution in [1.82, 2.24) is 4.57 Å². The third-order valence-electron chi connectivity index (χ3n) is 11.2. The lowest BCUT2D eigenvalue weighted by molar-refractivity contribution is 0.670. The van der Waals surface area contributed by atoms with Crippen LogP contribution in [-0.4, -0.2) is 4.57 Å². The van der Waals surface area contributed by atoms with Gasteiger partial charge in [-0.15, -0.1) is 0 Å². The predicted octanol–water partition coefficient (Wildman–Crippen LogP) is 15.3. The van der Waals surface area contributed by atoms with Gasteiger partial charge in [0, 0.05) is 66.9 Å². The number of rotatable bonds is 8. The smallest absolute Gasteiger partial charge is 0.143 e. The van der Waals surface area contributed by atoms with Crippen LogP contribution >= 0.6 is 0 Å². The van der Waals surface area contributed by atoms with Crippen LogP contribution in [0, 0.1) is 0 Å². The average Bonchev–Trinajstić information content (AvgIpc) is 3.85. The van der Waals surface area contributed by atoms with E-state index in [-0.39, 0.29) is 0 Å². The molecule has 4 nitrogen and oxygen atoms in total. The Morgan fingerprint density at radius 3 is 1.28 bits per heavy atom. The average molecular weight is 744 g/mol. The van der Waals surface area contributed by atoms with Gasteiger partial charge in [-0.25, -0.2) is 0 Å². The highest BCUT2D eigenvalue weighted by Crippen LogP contribution is 2.42. The predicted molar refractivity (Wildman–Crippen MR) is 243 cm³/mol. The number of aromatic nitrogens is 1. The van der Waals surface area contributed by atoms with Gasteiger partial charge in [-0.3, -0.25) is 0 Å². The number of furan rings is 1. The lowest BCUT2D eigenvalue weighted by atomic mass is 10.0. The fourth-order valence-corrected chi connectivity index (χ4v) is 8.52. The Morgan fingerprint density at radius 2 is 0.724 bits per heavy atom. The third-order valence-corrected chi connectivity index (χ3v) is 11.2. The minimum Gasteiger partial charge on any atom is -0.455 e. The monoisotopic (exact) mass is 743 g/mol. The number of para-hydroxylation sites is 6. The van der Waals surface area contributed by atoms with Crippen molar-refractivity contribution in [3.63, 3.8) is 0 Å². The minimum atomic E-state index is 0.902. The van der Waals surface area contributed by atoms with E-state index in [0.29, 0.717) is 0 Å². The zero-order chi connectivity index (χ0) is 38.4. The normalized spacial score (nSPS) is 11.4. The molecule has 0 aliphatic heterocycles. The van der Waals surface area contributed by atoms with E-state index in [9.17, 15) is 0 Å². The maximum Gasteiger partial charge on any atom is 0.143 e. The summed E-state index contributed by atoms with van der Waals surface area (Å²) in [6.07, 6.45) is 0. The first-order valence-corrected chi connectivity index (χ1v) is 19.7. The van der Waals surface area contributed by atoms with Crippen molar-refractivity contribution in [1.29, 1.82) is 0 Å². The number of anilines is 6. The molecule has 0 saturated heterocycles. The van der Waals surface area contributed by atoms with Crippen molar-refractivity contribution in [3.05, 3.63) is 224 Å². The van der Waals surface area contributed by atoms with Crippen molar-refractivity contribution in [2.45, 2.75) is 0 Å². The van der Waals surface area contributed by atoms with Gasteiger partial charge < -0.3 is 18.8 Å². The van der Waals surface area contributed by atoms with Crippen molar-refractivity contribution < 1.29 is 4.42 Å². The van der Waals surface area contributed by atoms with Gasteiger partial charge in [0.2, 0.25) is 0 Å². The molecule has 274 valence electrons. The van der Waals surface area contributed by atoms with E-state index in [1.807, 2.05) is 12.1 Å². The summed E-state index contributed by atoms with van der Waals surface area (Å²) in [5, 5.41) is 4.76. The summed E-state index contributed by atoms with van der Waals surface area (Å²) in [6, 6.07) is 79.7. The van der Waals surface area contributed by atoms with Crippen molar-refractivity contribution in [3.8, 4) is 16.8 Å². The zero-order valence-electron chi connectivity index (χ0n) is 31.6. The third kappa shape index (κ3) is 5.70. The molecule has 0 radical (unpaired) electrons. The molecule has 58 heavy (non-hydrogen) atoms. The van der Waals surface area contributed by atoms with Crippen LogP contribution in [0.15, 0.2) is 229 Å². The summed E-state index contributed by atoms with van der Waals surface area (Å²) >= 11 is 0. The molecule has 0 atom stereocenters. The van der Waals surface area contributed by atoms with Crippen molar-refractivity contribution in [2.75, 3.05) is 9.80 Å². The lowest BCUT2D eigenvalue weighted by Gasteiger charge is -2.28. The van der Waals surface area contributed by atoms with E-state index in [0.717, 1.165) is 72.9 Å². The molecule has 0 N–H and O–H groups in total. The second kappa shape index (κ2) is 14.0. The van der Waals surface area contributed by atoms with Gasteiger partial charge in [0.25, 0.3) is 0 Å². The molecule has 4 heteroatoms. The maximum absolute atomic E-state index is 6.43. The van der Waals surface area contributed by atoms with Gasteiger partial charge in [0.05, 0.1) is 11.0 Å². The summed E-state index contributed by atoms with van der Waals surface area (Å²) in [5.74, 6) is 0. The summed E-state index contributed by atoms with van der Waals surface area (Å²) in [7, 11) is 0. The van der Waals surface area contributed by atoms with E-state index in [2.05, 4.69) is 227 Å². The first-order chi connectivity index (χ1) is 28.8. The zero-order valence-corrected chi connectivity index (χ0v) is 31.6. The number of benzene rings is 9. The van der Waals surface area contributed by atoms with Crippen LogP contribution in [0.2, 0.25) is 0 Å². The molecule has 0 saturated carbocycles. The van der Waals surface area contributed by atoms with Crippen LogP contribution in [0.3, 0.4) is 0 Å². The van der Waals surface area contributed by atoms with E-state index >= 15 is 0 Å². The van der Waals surface area contributed by atoms with E-state index < -0.39 is 0 Å². The van der Waals surface area contributed by atoms with Crippen molar-refractivity contribution in [2.24, 2.45) is 0 Å². The highest BCUT2D eigenvalue weighted by Gasteiger charge is 2.18. The minimum absolute atomic E-state index is 0.902. The number of hydrogen-bond acceptors (Lipinski definition) is 3. The van der Waals surface area contributed by atoms with Gasteiger partial charge in [-0.2, -0.15) is 0 Å². The molecule has 11 aromatic rings. The Bertz CT molecular complexity index is 3110. The molecule has 11 rings (SSSR count). The summed E-state index contributed by atoms with van der Waals surface area (Å²) in [6.45, 7) is 0. The lowest BCUT2D eigenvalue weighted by Crippen LogP contribution is -2.12. The van der Waals surface area contributed by atoms with Crippen LogP contribution in [0.4, 0.5) is 34.1 Å². The first kappa shape index (κ1) is 33.5. The van der Waals surface area contributed by atoms with Crippen LogP contribution in [0.25, 0.3) is 60.6 Å². The van der Waals surface area contributed by atoms with Gasteiger partial charge in [0.1, 0.15) is 11.2 Å². The molecule has 2 aromatic heterocycles. The molecule has 9 aromatic carbocycles. The van der Waals surface area contributed by atoms with Crippen molar-refractivity contribution >= 4 is 77.9 Å². The molecule has 0 fully saturated rings.